The van der Waals surface area contributed by atoms with Crippen molar-refractivity contribution in [3.63, 3.8) is 0 Å². The molecule has 0 radical (unpaired) electrons. The SMILES string of the molecule is COCCOc1ccc(S(=O)(=O)NCc2ccccc2Cn2cccn2)cc1. The first-order chi connectivity index (χ1) is 13.6. The highest BCUT2D eigenvalue weighted by Gasteiger charge is 2.15. The minimum absolute atomic E-state index is 0.191. The molecule has 0 saturated carbocycles. The van der Waals surface area contributed by atoms with E-state index < -0.39 is 10.0 Å². The Morgan fingerprint density at radius 3 is 2.43 bits per heavy atom. The van der Waals surface area contributed by atoms with Crippen molar-refractivity contribution in [2.45, 2.75) is 18.0 Å². The molecule has 0 fully saturated rings. The van der Waals surface area contributed by atoms with Crippen LogP contribution >= 0.6 is 0 Å². The van der Waals surface area contributed by atoms with Crippen molar-refractivity contribution in [1.82, 2.24) is 14.5 Å². The second kappa shape index (κ2) is 9.50. The summed E-state index contributed by atoms with van der Waals surface area (Å²) >= 11 is 0. The van der Waals surface area contributed by atoms with Crippen molar-refractivity contribution in [2.24, 2.45) is 0 Å². The number of nitrogens with one attached hydrogen (secondary N) is 1. The Kier molecular flexibility index (Phi) is 6.80. The summed E-state index contributed by atoms with van der Waals surface area (Å²) in [6, 6.07) is 15.9. The first-order valence-electron chi connectivity index (χ1n) is 8.84. The molecule has 2 aromatic carbocycles. The zero-order valence-electron chi connectivity index (χ0n) is 15.6. The van der Waals surface area contributed by atoms with Crippen LogP contribution in [0.15, 0.2) is 71.9 Å². The molecule has 3 aromatic rings. The number of hydrogen-bond acceptors (Lipinski definition) is 5. The van der Waals surface area contributed by atoms with Gasteiger partial charge in [-0.2, -0.15) is 5.10 Å². The van der Waals surface area contributed by atoms with Crippen LogP contribution in [0.2, 0.25) is 0 Å². The fourth-order valence-electron chi connectivity index (χ4n) is 2.67. The van der Waals surface area contributed by atoms with Gasteiger partial charge in [-0.15, -0.1) is 0 Å². The van der Waals surface area contributed by atoms with Gasteiger partial charge in [0.05, 0.1) is 18.0 Å². The third-order valence-corrected chi connectivity index (χ3v) is 5.57. The Labute approximate surface area is 165 Å². The van der Waals surface area contributed by atoms with Crippen LogP contribution in [0.3, 0.4) is 0 Å². The molecule has 0 spiro atoms. The average Bonchev–Trinajstić information content (AvgIpc) is 3.21. The zero-order valence-corrected chi connectivity index (χ0v) is 16.4. The summed E-state index contributed by atoms with van der Waals surface area (Å²) in [6.45, 7) is 1.66. The van der Waals surface area contributed by atoms with Gasteiger partial charge in [-0.1, -0.05) is 24.3 Å². The van der Waals surface area contributed by atoms with Crippen molar-refractivity contribution < 1.29 is 17.9 Å². The Morgan fingerprint density at radius 2 is 1.75 bits per heavy atom. The van der Waals surface area contributed by atoms with E-state index in [9.17, 15) is 8.42 Å². The van der Waals surface area contributed by atoms with Gasteiger partial charge >= 0.3 is 0 Å². The smallest absolute Gasteiger partial charge is 0.240 e. The molecule has 1 aromatic heterocycles. The maximum atomic E-state index is 12.6. The lowest BCUT2D eigenvalue weighted by molar-refractivity contribution is 0.146. The summed E-state index contributed by atoms with van der Waals surface area (Å²) in [5.74, 6) is 0.598. The fourth-order valence-corrected chi connectivity index (χ4v) is 3.67. The number of ether oxygens (including phenoxy) is 2. The van der Waals surface area contributed by atoms with Gasteiger partial charge in [-0.25, -0.2) is 13.1 Å². The number of benzene rings is 2. The molecule has 3 rings (SSSR count). The lowest BCUT2D eigenvalue weighted by Gasteiger charge is -2.12. The summed E-state index contributed by atoms with van der Waals surface area (Å²) in [5, 5.41) is 4.20. The first-order valence-corrected chi connectivity index (χ1v) is 10.3. The Balaban J connectivity index is 1.65. The van der Waals surface area contributed by atoms with E-state index in [-0.39, 0.29) is 11.4 Å². The van der Waals surface area contributed by atoms with Gasteiger partial charge in [0.25, 0.3) is 0 Å². The van der Waals surface area contributed by atoms with Gasteiger partial charge in [-0.05, 0) is 41.5 Å². The highest BCUT2D eigenvalue weighted by molar-refractivity contribution is 7.89. The molecule has 8 heteroatoms. The summed E-state index contributed by atoms with van der Waals surface area (Å²) in [5.41, 5.74) is 1.91. The van der Waals surface area contributed by atoms with Crippen LogP contribution in [-0.4, -0.2) is 38.5 Å². The van der Waals surface area contributed by atoms with E-state index in [1.807, 2.05) is 36.5 Å². The molecule has 148 valence electrons. The van der Waals surface area contributed by atoms with Crippen LogP contribution in [0.1, 0.15) is 11.1 Å². The Hall–Kier alpha value is -2.68. The van der Waals surface area contributed by atoms with Gasteiger partial charge < -0.3 is 9.47 Å². The predicted octanol–water partition coefficient (Wildman–Crippen LogP) is 2.44. The molecule has 0 atom stereocenters. The number of nitrogens with zero attached hydrogens (tertiary/aromatic N) is 2. The molecule has 0 aliphatic carbocycles. The molecular weight excluding hydrogens is 378 g/mol. The van der Waals surface area contributed by atoms with Crippen molar-refractivity contribution in [3.05, 3.63) is 78.1 Å². The highest BCUT2D eigenvalue weighted by atomic mass is 32.2. The lowest BCUT2D eigenvalue weighted by atomic mass is 10.1. The predicted molar refractivity (Wildman–Crippen MR) is 106 cm³/mol. The minimum Gasteiger partial charge on any atom is -0.491 e. The highest BCUT2D eigenvalue weighted by Crippen LogP contribution is 2.17. The van der Waals surface area contributed by atoms with E-state index in [0.717, 1.165) is 11.1 Å². The van der Waals surface area contributed by atoms with Gasteiger partial charge in [-0.3, -0.25) is 4.68 Å². The second-order valence-corrected chi connectivity index (χ2v) is 7.88. The molecular formula is C20H23N3O4S. The molecule has 0 bridgehead atoms. The van der Waals surface area contributed by atoms with Crippen molar-refractivity contribution in [2.75, 3.05) is 20.3 Å². The number of sulfonamides is 1. The maximum absolute atomic E-state index is 12.6. The Bertz CT molecular complexity index is 971. The van der Waals surface area contributed by atoms with Crippen molar-refractivity contribution in [1.29, 1.82) is 0 Å². The summed E-state index contributed by atoms with van der Waals surface area (Å²) in [6.07, 6.45) is 3.59. The van der Waals surface area contributed by atoms with Crippen molar-refractivity contribution >= 4 is 10.0 Å². The fraction of sp³-hybridized carbons (Fsp3) is 0.250. The molecule has 0 aliphatic rings. The topological polar surface area (TPSA) is 82.5 Å². The van der Waals surface area contributed by atoms with E-state index in [1.165, 1.54) is 12.1 Å². The second-order valence-electron chi connectivity index (χ2n) is 6.11. The standard InChI is InChI=1S/C20H23N3O4S/c1-26-13-14-27-19-7-9-20(10-8-19)28(24,25)22-15-17-5-2-3-6-18(17)16-23-12-4-11-21-23/h2-12,22H,13-16H2,1H3. The van der Waals surface area contributed by atoms with Crippen LogP contribution in [0.25, 0.3) is 0 Å². The number of rotatable bonds is 10. The minimum atomic E-state index is -3.63. The van der Waals surface area contributed by atoms with E-state index >= 15 is 0 Å². The van der Waals surface area contributed by atoms with Gasteiger partial charge in [0.2, 0.25) is 10.0 Å². The molecule has 0 amide bonds. The third kappa shape index (κ3) is 5.41. The van der Waals surface area contributed by atoms with Crippen LogP contribution in [0.4, 0.5) is 0 Å². The normalized spacial score (nSPS) is 11.5. The molecule has 1 heterocycles. The number of methoxy groups -OCH3 is 1. The summed E-state index contributed by atoms with van der Waals surface area (Å²) in [4.78, 5) is 0.191. The quantitative estimate of drug-likeness (QED) is 0.528. The summed E-state index contributed by atoms with van der Waals surface area (Å²) in [7, 11) is -2.04. The molecule has 1 N–H and O–H groups in total. The maximum Gasteiger partial charge on any atom is 0.240 e. The number of aromatic nitrogens is 2. The zero-order chi connectivity index (χ0) is 19.8. The first kappa shape index (κ1) is 20.1. The van der Waals surface area contributed by atoms with E-state index in [0.29, 0.717) is 25.5 Å². The summed E-state index contributed by atoms with van der Waals surface area (Å²) < 4.78 is 40.1. The Morgan fingerprint density at radius 1 is 1.00 bits per heavy atom. The van der Waals surface area contributed by atoms with E-state index in [1.54, 1.807) is 30.1 Å². The average molecular weight is 401 g/mol. The van der Waals surface area contributed by atoms with Crippen LogP contribution in [-0.2, 0) is 27.8 Å². The molecule has 28 heavy (non-hydrogen) atoms. The molecule has 0 aliphatic heterocycles. The molecule has 0 saturated heterocycles. The van der Waals surface area contributed by atoms with Crippen LogP contribution < -0.4 is 9.46 Å². The van der Waals surface area contributed by atoms with Gasteiger partial charge in [0, 0.05) is 26.0 Å². The molecule has 7 nitrogen and oxygen atoms in total. The molecule has 0 unspecified atom stereocenters. The van der Waals surface area contributed by atoms with E-state index in [4.69, 9.17) is 9.47 Å². The largest absolute Gasteiger partial charge is 0.491 e. The lowest BCUT2D eigenvalue weighted by Crippen LogP contribution is -2.24. The van der Waals surface area contributed by atoms with Gasteiger partial charge in [0.1, 0.15) is 12.4 Å². The van der Waals surface area contributed by atoms with Crippen molar-refractivity contribution in [3.8, 4) is 5.75 Å². The van der Waals surface area contributed by atoms with E-state index in [2.05, 4.69) is 9.82 Å². The van der Waals surface area contributed by atoms with Gasteiger partial charge in [0.15, 0.2) is 0 Å². The monoisotopic (exact) mass is 401 g/mol. The van der Waals surface area contributed by atoms with Crippen LogP contribution in [0.5, 0.6) is 5.75 Å². The van der Waals surface area contributed by atoms with Crippen LogP contribution in [0, 0.1) is 0 Å². The third-order valence-electron chi connectivity index (χ3n) is 4.15. The number of hydrogen-bond donors (Lipinski definition) is 1.